The van der Waals surface area contributed by atoms with Crippen molar-refractivity contribution in [2.75, 3.05) is 0 Å². The zero-order valence-corrected chi connectivity index (χ0v) is 6.56. The van der Waals surface area contributed by atoms with Crippen molar-refractivity contribution >= 4 is 0 Å². The van der Waals surface area contributed by atoms with E-state index in [0.717, 1.165) is 5.92 Å². The quantitative estimate of drug-likeness (QED) is 0.505. The van der Waals surface area contributed by atoms with Crippen LogP contribution in [-0.4, -0.2) is 5.54 Å². The summed E-state index contributed by atoms with van der Waals surface area (Å²) in [6.07, 6.45) is 3.81. The Balaban J connectivity index is 2.32. The fraction of sp³-hybridized carbons (Fsp3) is 0.778. The van der Waals surface area contributed by atoms with Gasteiger partial charge in [-0.3, -0.25) is 0 Å². The highest BCUT2D eigenvalue weighted by Crippen LogP contribution is 2.52. The molecule has 0 saturated heterocycles. The molecule has 2 aliphatic rings. The van der Waals surface area contributed by atoms with Crippen LogP contribution in [0.25, 0.3) is 0 Å². The summed E-state index contributed by atoms with van der Waals surface area (Å²) in [5.41, 5.74) is 7.61. The molecule has 0 spiro atoms. The second kappa shape index (κ2) is 1.65. The Labute approximate surface area is 62.3 Å². The van der Waals surface area contributed by atoms with E-state index in [9.17, 15) is 0 Å². The molecule has 0 radical (unpaired) electrons. The van der Waals surface area contributed by atoms with E-state index in [4.69, 9.17) is 5.73 Å². The lowest BCUT2D eigenvalue weighted by molar-refractivity contribution is 0.301. The van der Waals surface area contributed by atoms with E-state index in [0.29, 0.717) is 5.92 Å². The monoisotopic (exact) mass is 137 g/mol. The normalized spacial score (nSPS) is 52.4. The average molecular weight is 137 g/mol. The maximum atomic E-state index is 6.09. The Kier molecular flexibility index (Phi) is 1.06. The molecule has 3 atom stereocenters. The van der Waals surface area contributed by atoms with Gasteiger partial charge in [-0.05, 0) is 38.0 Å². The largest absolute Gasteiger partial charge is 0.325 e. The molecule has 0 aromatic carbocycles. The SMILES string of the molecule is C=C1C2CCC1C(C)(N)C2. The Hall–Kier alpha value is -0.300. The van der Waals surface area contributed by atoms with Crippen LogP contribution in [0.1, 0.15) is 26.2 Å². The summed E-state index contributed by atoms with van der Waals surface area (Å²) in [6, 6.07) is 0. The van der Waals surface area contributed by atoms with Gasteiger partial charge in [0.25, 0.3) is 0 Å². The number of hydrogen-bond acceptors (Lipinski definition) is 1. The third-order valence-electron chi connectivity index (χ3n) is 3.26. The number of rotatable bonds is 0. The van der Waals surface area contributed by atoms with Crippen LogP contribution in [0.3, 0.4) is 0 Å². The Bertz CT molecular complexity index is 181. The van der Waals surface area contributed by atoms with Crippen LogP contribution < -0.4 is 5.73 Å². The first-order valence-corrected chi connectivity index (χ1v) is 4.09. The number of nitrogens with two attached hydrogens (primary N) is 1. The molecule has 2 rings (SSSR count). The van der Waals surface area contributed by atoms with Crippen LogP contribution in [0.15, 0.2) is 12.2 Å². The van der Waals surface area contributed by atoms with E-state index in [1.54, 1.807) is 0 Å². The van der Waals surface area contributed by atoms with Gasteiger partial charge in [-0.25, -0.2) is 0 Å². The van der Waals surface area contributed by atoms with Crippen LogP contribution in [0.4, 0.5) is 0 Å². The van der Waals surface area contributed by atoms with Crippen molar-refractivity contribution in [3.8, 4) is 0 Å². The van der Waals surface area contributed by atoms with Gasteiger partial charge in [0.2, 0.25) is 0 Å². The maximum absolute atomic E-state index is 6.09. The van der Waals surface area contributed by atoms with Crippen LogP contribution >= 0.6 is 0 Å². The fourth-order valence-electron chi connectivity index (χ4n) is 2.68. The van der Waals surface area contributed by atoms with Crippen molar-refractivity contribution in [2.45, 2.75) is 31.7 Å². The molecule has 2 fully saturated rings. The molecular weight excluding hydrogens is 122 g/mol. The molecule has 1 heteroatoms. The van der Waals surface area contributed by atoms with Crippen molar-refractivity contribution < 1.29 is 0 Å². The van der Waals surface area contributed by atoms with E-state index in [1.165, 1.54) is 24.8 Å². The molecule has 2 saturated carbocycles. The van der Waals surface area contributed by atoms with Crippen molar-refractivity contribution in [1.29, 1.82) is 0 Å². The third kappa shape index (κ3) is 0.615. The number of hydrogen-bond donors (Lipinski definition) is 1. The van der Waals surface area contributed by atoms with Gasteiger partial charge in [0.05, 0.1) is 0 Å². The molecule has 2 aliphatic carbocycles. The van der Waals surface area contributed by atoms with Gasteiger partial charge in [0.1, 0.15) is 0 Å². The molecule has 0 aromatic heterocycles. The molecule has 0 amide bonds. The minimum atomic E-state index is 0.0833. The lowest BCUT2D eigenvalue weighted by Gasteiger charge is -2.28. The van der Waals surface area contributed by atoms with Crippen molar-refractivity contribution in [3.63, 3.8) is 0 Å². The van der Waals surface area contributed by atoms with E-state index >= 15 is 0 Å². The lowest BCUT2D eigenvalue weighted by atomic mass is 9.83. The first-order chi connectivity index (χ1) is 4.61. The van der Waals surface area contributed by atoms with Crippen LogP contribution in [0.5, 0.6) is 0 Å². The summed E-state index contributed by atoms with van der Waals surface area (Å²) in [6.45, 7) is 6.26. The molecule has 56 valence electrons. The van der Waals surface area contributed by atoms with E-state index < -0.39 is 0 Å². The van der Waals surface area contributed by atoms with Gasteiger partial charge in [0, 0.05) is 5.54 Å². The molecular formula is C9H15N. The van der Waals surface area contributed by atoms with E-state index in [2.05, 4.69) is 13.5 Å². The Morgan fingerprint density at radius 3 is 2.50 bits per heavy atom. The van der Waals surface area contributed by atoms with E-state index in [1.807, 2.05) is 0 Å². The molecule has 2 bridgehead atoms. The summed E-state index contributed by atoms with van der Waals surface area (Å²) in [5.74, 6) is 1.40. The standard InChI is InChI=1S/C9H15N/c1-6-7-3-4-8(6)9(2,10)5-7/h7-8H,1,3-5,10H2,2H3. The van der Waals surface area contributed by atoms with Crippen molar-refractivity contribution in [2.24, 2.45) is 17.6 Å². The highest BCUT2D eigenvalue weighted by atomic mass is 14.8. The molecule has 0 heterocycles. The average Bonchev–Trinajstić information content (AvgIpc) is 2.21. The topological polar surface area (TPSA) is 26.0 Å². The Morgan fingerprint density at radius 2 is 2.30 bits per heavy atom. The van der Waals surface area contributed by atoms with Gasteiger partial charge < -0.3 is 5.73 Å². The summed E-state index contributed by atoms with van der Waals surface area (Å²) >= 11 is 0. The molecule has 0 aromatic rings. The zero-order valence-electron chi connectivity index (χ0n) is 6.56. The van der Waals surface area contributed by atoms with E-state index in [-0.39, 0.29) is 5.54 Å². The molecule has 1 nitrogen and oxygen atoms in total. The predicted octanol–water partition coefficient (Wildman–Crippen LogP) is 1.69. The minimum Gasteiger partial charge on any atom is -0.325 e. The summed E-state index contributed by atoms with van der Waals surface area (Å²) in [5, 5.41) is 0. The third-order valence-corrected chi connectivity index (χ3v) is 3.26. The maximum Gasteiger partial charge on any atom is 0.0197 e. The highest BCUT2D eigenvalue weighted by molar-refractivity contribution is 5.24. The smallest absolute Gasteiger partial charge is 0.0197 e. The van der Waals surface area contributed by atoms with Gasteiger partial charge in [-0.15, -0.1) is 0 Å². The number of fused-ring (bicyclic) bond motifs is 2. The molecule has 0 aliphatic heterocycles. The Morgan fingerprint density at radius 1 is 1.60 bits per heavy atom. The van der Waals surface area contributed by atoms with Gasteiger partial charge in [0.15, 0.2) is 0 Å². The van der Waals surface area contributed by atoms with Crippen molar-refractivity contribution in [1.82, 2.24) is 0 Å². The van der Waals surface area contributed by atoms with Gasteiger partial charge >= 0.3 is 0 Å². The van der Waals surface area contributed by atoms with Crippen LogP contribution in [0.2, 0.25) is 0 Å². The van der Waals surface area contributed by atoms with Crippen LogP contribution in [0, 0.1) is 11.8 Å². The second-order valence-corrected chi connectivity index (χ2v) is 4.11. The fourth-order valence-corrected chi connectivity index (χ4v) is 2.68. The van der Waals surface area contributed by atoms with Gasteiger partial charge in [-0.2, -0.15) is 0 Å². The van der Waals surface area contributed by atoms with Crippen molar-refractivity contribution in [3.05, 3.63) is 12.2 Å². The van der Waals surface area contributed by atoms with Crippen LogP contribution in [-0.2, 0) is 0 Å². The molecule has 2 N–H and O–H groups in total. The molecule has 10 heavy (non-hydrogen) atoms. The summed E-state index contributed by atoms with van der Waals surface area (Å²) in [7, 11) is 0. The zero-order chi connectivity index (χ0) is 7.35. The van der Waals surface area contributed by atoms with Gasteiger partial charge in [-0.1, -0.05) is 12.2 Å². The first-order valence-electron chi connectivity index (χ1n) is 4.09. The predicted molar refractivity (Wildman–Crippen MR) is 42.6 cm³/mol. The summed E-state index contributed by atoms with van der Waals surface area (Å²) in [4.78, 5) is 0. The summed E-state index contributed by atoms with van der Waals surface area (Å²) < 4.78 is 0. The molecule has 3 unspecified atom stereocenters. The first kappa shape index (κ1) is 6.41. The highest BCUT2D eigenvalue weighted by Gasteiger charge is 2.47. The lowest BCUT2D eigenvalue weighted by Crippen LogP contribution is -2.41. The minimum absolute atomic E-state index is 0.0833. The second-order valence-electron chi connectivity index (χ2n) is 4.11.